The molecule has 1 atom stereocenters. The number of carboxylic acids is 1. The topological polar surface area (TPSA) is 79.5 Å². The molecule has 1 amide bonds. The second-order valence-corrected chi connectivity index (χ2v) is 4.63. The van der Waals surface area contributed by atoms with E-state index in [0.29, 0.717) is 12.0 Å². The van der Waals surface area contributed by atoms with E-state index in [4.69, 9.17) is 4.42 Å². The highest BCUT2D eigenvalue weighted by molar-refractivity contribution is 5.92. The monoisotopic (exact) mass is 287 g/mol. The molecule has 0 saturated carbocycles. The van der Waals surface area contributed by atoms with Crippen molar-refractivity contribution in [2.45, 2.75) is 19.3 Å². The van der Waals surface area contributed by atoms with Gasteiger partial charge in [0.15, 0.2) is 5.76 Å². The first-order valence-electron chi connectivity index (χ1n) is 6.76. The predicted octanol–water partition coefficient (Wildman–Crippen LogP) is 2.44. The normalized spacial score (nSPS) is 11.9. The minimum atomic E-state index is -0.977. The Morgan fingerprint density at radius 3 is 2.48 bits per heavy atom. The van der Waals surface area contributed by atoms with Crippen molar-refractivity contribution in [3.63, 3.8) is 0 Å². The van der Waals surface area contributed by atoms with Crippen molar-refractivity contribution in [2.24, 2.45) is 0 Å². The van der Waals surface area contributed by atoms with Crippen molar-refractivity contribution in [2.75, 3.05) is 6.54 Å². The Balaban J connectivity index is 2.02. The molecular weight excluding hydrogens is 270 g/mol. The molecule has 0 unspecified atom stereocenters. The summed E-state index contributed by atoms with van der Waals surface area (Å²) in [5, 5.41) is 11.9. The van der Waals surface area contributed by atoms with E-state index in [-0.39, 0.29) is 12.3 Å². The lowest BCUT2D eigenvalue weighted by Gasteiger charge is -2.13. The van der Waals surface area contributed by atoms with E-state index in [0.717, 1.165) is 5.76 Å². The van der Waals surface area contributed by atoms with E-state index < -0.39 is 17.8 Å². The molecule has 0 aliphatic rings. The van der Waals surface area contributed by atoms with Crippen LogP contribution < -0.4 is 5.32 Å². The van der Waals surface area contributed by atoms with Crippen molar-refractivity contribution in [3.05, 3.63) is 59.5 Å². The predicted molar refractivity (Wildman–Crippen MR) is 77.2 cm³/mol. The van der Waals surface area contributed by atoms with Crippen LogP contribution >= 0.6 is 0 Å². The van der Waals surface area contributed by atoms with E-state index in [1.165, 1.54) is 0 Å². The Bertz CT molecular complexity index is 618. The fraction of sp³-hybridized carbons (Fsp3) is 0.250. The number of rotatable bonds is 6. The number of amides is 1. The maximum Gasteiger partial charge on any atom is 0.312 e. The lowest BCUT2D eigenvalue weighted by atomic mass is 9.99. The standard InChI is InChI=1S/C16H17NO4/c1-2-12-8-9-14(21-12)15(18)17-10-13(16(19)20)11-6-4-3-5-7-11/h3-9,13H,2,10H2,1H3,(H,17,18)(H,19,20)/t13-/m1/s1. The van der Waals surface area contributed by atoms with Gasteiger partial charge in [-0.05, 0) is 17.7 Å². The average molecular weight is 287 g/mol. The van der Waals surface area contributed by atoms with E-state index in [1.54, 1.807) is 36.4 Å². The molecule has 0 bridgehead atoms. The molecule has 110 valence electrons. The molecule has 1 aromatic carbocycles. The summed E-state index contributed by atoms with van der Waals surface area (Å²) in [5.74, 6) is -1.25. The first-order chi connectivity index (χ1) is 10.1. The van der Waals surface area contributed by atoms with Crippen LogP contribution in [0.15, 0.2) is 46.9 Å². The third-order valence-corrected chi connectivity index (χ3v) is 3.20. The molecule has 21 heavy (non-hydrogen) atoms. The number of carbonyl (C=O) groups is 2. The minimum Gasteiger partial charge on any atom is -0.481 e. The second kappa shape index (κ2) is 6.74. The Morgan fingerprint density at radius 2 is 1.90 bits per heavy atom. The number of furan rings is 1. The Morgan fingerprint density at radius 1 is 1.19 bits per heavy atom. The molecule has 0 radical (unpaired) electrons. The molecule has 2 rings (SSSR count). The van der Waals surface area contributed by atoms with Crippen molar-refractivity contribution in [1.82, 2.24) is 5.32 Å². The van der Waals surface area contributed by atoms with Crippen LogP contribution in [0.2, 0.25) is 0 Å². The van der Waals surface area contributed by atoms with Gasteiger partial charge in [0.25, 0.3) is 5.91 Å². The van der Waals surface area contributed by atoms with E-state index in [9.17, 15) is 14.7 Å². The van der Waals surface area contributed by atoms with Gasteiger partial charge in [-0.3, -0.25) is 9.59 Å². The number of hydrogen-bond donors (Lipinski definition) is 2. The quantitative estimate of drug-likeness (QED) is 0.855. The third kappa shape index (κ3) is 3.72. The molecule has 0 fully saturated rings. The van der Waals surface area contributed by atoms with Gasteiger partial charge in [-0.2, -0.15) is 0 Å². The van der Waals surface area contributed by atoms with E-state index >= 15 is 0 Å². The Kier molecular flexibility index (Phi) is 4.77. The zero-order valence-corrected chi connectivity index (χ0v) is 11.7. The van der Waals surface area contributed by atoms with E-state index in [2.05, 4.69) is 5.32 Å². The van der Waals surface area contributed by atoms with Gasteiger partial charge in [-0.25, -0.2) is 0 Å². The summed E-state index contributed by atoms with van der Waals surface area (Å²) in [4.78, 5) is 23.3. The van der Waals surface area contributed by atoms with Crippen LogP contribution in [0.25, 0.3) is 0 Å². The number of benzene rings is 1. The van der Waals surface area contributed by atoms with Crippen molar-refractivity contribution in [3.8, 4) is 0 Å². The molecule has 5 nitrogen and oxygen atoms in total. The highest BCUT2D eigenvalue weighted by Gasteiger charge is 2.21. The molecule has 1 aromatic heterocycles. The van der Waals surface area contributed by atoms with Crippen LogP contribution in [0.4, 0.5) is 0 Å². The fourth-order valence-corrected chi connectivity index (χ4v) is 2.00. The maximum absolute atomic E-state index is 11.9. The molecule has 1 heterocycles. The lowest BCUT2D eigenvalue weighted by Crippen LogP contribution is -2.31. The number of nitrogens with one attached hydrogen (secondary N) is 1. The van der Waals surface area contributed by atoms with Gasteiger partial charge >= 0.3 is 5.97 Å². The Hall–Kier alpha value is -2.56. The summed E-state index contributed by atoms with van der Waals surface area (Å²) < 4.78 is 5.33. The molecule has 2 aromatic rings. The number of aliphatic carboxylic acids is 1. The van der Waals surface area contributed by atoms with Gasteiger partial charge in [0.1, 0.15) is 5.76 Å². The summed E-state index contributed by atoms with van der Waals surface area (Å²) >= 11 is 0. The largest absolute Gasteiger partial charge is 0.481 e. The summed E-state index contributed by atoms with van der Waals surface area (Å²) in [7, 11) is 0. The summed E-state index contributed by atoms with van der Waals surface area (Å²) in [5.41, 5.74) is 0.652. The number of carbonyl (C=O) groups excluding carboxylic acids is 1. The summed E-state index contributed by atoms with van der Waals surface area (Å²) in [6.45, 7) is 1.94. The van der Waals surface area contributed by atoms with E-state index in [1.807, 2.05) is 13.0 Å². The maximum atomic E-state index is 11.9. The second-order valence-electron chi connectivity index (χ2n) is 4.63. The summed E-state index contributed by atoms with van der Waals surface area (Å²) in [6, 6.07) is 12.1. The van der Waals surface area contributed by atoms with Crippen LogP contribution in [0.3, 0.4) is 0 Å². The third-order valence-electron chi connectivity index (χ3n) is 3.20. The van der Waals surface area contributed by atoms with Crippen molar-refractivity contribution in [1.29, 1.82) is 0 Å². The molecule has 0 aliphatic carbocycles. The first-order valence-corrected chi connectivity index (χ1v) is 6.76. The van der Waals surface area contributed by atoms with Crippen LogP contribution in [-0.2, 0) is 11.2 Å². The molecule has 0 aliphatic heterocycles. The Labute approximate surface area is 122 Å². The van der Waals surface area contributed by atoms with Gasteiger partial charge in [-0.1, -0.05) is 37.3 Å². The molecule has 0 spiro atoms. The van der Waals surface area contributed by atoms with Crippen LogP contribution in [0.1, 0.15) is 34.7 Å². The zero-order chi connectivity index (χ0) is 15.2. The van der Waals surface area contributed by atoms with Crippen molar-refractivity contribution < 1.29 is 19.1 Å². The van der Waals surface area contributed by atoms with Gasteiger partial charge in [0, 0.05) is 13.0 Å². The van der Waals surface area contributed by atoms with Crippen molar-refractivity contribution >= 4 is 11.9 Å². The number of aryl methyl sites for hydroxylation is 1. The highest BCUT2D eigenvalue weighted by Crippen LogP contribution is 2.15. The smallest absolute Gasteiger partial charge is 0.312 e. The molecule has 2 N–H and O–H groups in total. The minimum absolute atomic E-state index is 0.0142. The number of carboxylic acid groups (broad SMARTS) is 1. The SMILES string of the molecule is CCc1ccc(C(=O)NC[C@@H](C(=O)O)c2ccccc2)o1. The fourth-order valence-electron chi connectivity index (χ4n) is 2.00. The molecule has 5 heteroatoms. The first kappa shape index (κ1) is 14.8. The average Bonchev–Trinajstić information content (AvgIpc) is 2.97. The van der Waals surface area contributed by atoms with Gasteiger partial charge in [0.05, 0.1) is 5.92 Å². The van der Waals surface area contributed by atoms with Gasteiger partial charge in [-0.15, -0.1) is 0 Å². The van der Waals surface area contributed by atoms with Crippen LogP contribution in [-0.4, -0.2) is 23.5 Å². The summed E-state index contributed by atoms with van der Waals surface area (Å²) in [6.07, 6.45) is 0.703. The molecule has 0 saturated heterocycles. The van der Waals surface area contributed by atoms with Crippen LogP contribution in [0.5, 0.6) is 0 Å². The van der Waals surface area contributed by atoms with Gasteiger partial charge in [0.2, 0.25) is 0 Å². The number of hydrogen-bond acceptors (Lipinski definition) is 3. The lowest BCUT2D eigenvalue weighted by molar-refractivity contribution is -0.138. The van der Waals surface area contributed by atoms with Gasteiger partial charge < -0.3 is 14.8 Å². The molecular formula is C16H17NO4. The zero-order valence-electron chi connectivity index (χ0n) is 11.7. The highest BCUT2D eigenvalue weighted by atomic mass is 16.4. The van der Waals surface area contributed by atoms with Crippen LogP contribution in [0, 0.1) is 0 Å².